The summed E-state index contributed by atoms with van der Waals surface area (Å²) in [5.74, 6) is 0.613. The molecule has 2 heterocycles. The zero-order valence-corrected chi connectivity index (χ0v) is 28.9. The molecule has 1 aliphatic rings. The molecule has 5 aromatic rings. The summed E-state index contributed by atoms with van der Waals surface area (Å²) >= 11 is 0. The van der Waals surface area contributed by atoms with Gasteiger partial charge < -0.3 is 28.8 Å². The minimum absolute atomic E-state index is 0.0149. The summed E-state index contributed by atoms with van der Waals surface area (Å²) < 4.78 is 30.6. The van der Waals surface area contributed by atoms with E-state index in [0.29, 0.717) is 12.2 Å². The molecule has 0 radical (unpaired) electrons. The molecular weight excluding hydrogens is 684 g/mol. The number of benzene rings is 4. The number of rotatable bonds is 14. The van der Waals surface area contributed by atoms with Gasteiger partial charge in [0.05, 0.1) is 25.2 Å². The molecule has 1 saturated heterocycles. The van der Waals surface area contributed by atoms with E-state index in [1.165, 1.54) is 31.5 Å². The first-order chi connectivity index (χ1) is 25.7. The highest BCUT2D eigenvalue weighted by atomic mass is 16.6. The maximum absolute atomic E-state index is 13.2. The number of carbonyl (C=O) groups is 1. The maximum Gasteiger partial charge on any atom is 0.412 e. The second-order valence-electron chi connectivity index (χ2n) is 12.1. The lowest BCUT2D eigenvalue weighted by Gasteiger charge is -2.37. The van der Waals surface area contributed by atoms with Gasteiger partial charge >= 0.3 is 11.8 Å². The number of nitrogens with one attached hydrogen (secondary N) is 1. The zero-order valence-electron chi connectivity index (χ0n) is 28.9. The fraction of sp³-hybridized carbons (Fsp3) is 0.256. The van der Waals surface area contributed by atoms with Crippen LogP contribution in [0.4, 0.5) is 16.3 Å². The Labute approximate surface area is 304 Å². The van der Waals surface area contributed by atoms with E-state index in [9.17, 15) is 24.8 Å². The lowest BCUT2D eigenvalue weighted by molar-refractivity contribution is -0.384. The van der Waals surface area contributed by atoms with E-state index in [-0.39, 0.29) is 24.7 Å². The maximum atomic E-state index is 13.2. The molecule has 1 fully saturated rings. The van der Waals surface area contributed by atoms with Gasteiger partial charge in [-0.3, -0.25) is 20.0 Å². The summed E-state index contributed by atoms with van der Waals surface area (Å²) in [7, 11) is 3.05. The van der Waals surface area contributed by atoms with Gasteiger partial charge in [0, 0.05) is 31.9 Å². The first-order valence-corrected chi connectivity index (χ1v) is 16.8. The molecule has 4 atom stereocenters. The van der Waals surface area contributed by atoms with Crippen molar-refractivity contribution in [2.45, 2.75) is 36.6 Å². The van der Waals surface area contributed by atoms with Crippen LogP contribution in [0.15, 0.2) is 126 Å². The van der Waals surface area contributed by atoms with E-state index >= 15 is 0 Å². The number of amides is 1. The number of anilines is 1. The number of aliphatic hydroxyl groups is 1. The molecule has 0 bridgehead atoms. The van der Waals surface area contributed by atoms with Crippen LogP contribution in [-0.2, 0) is 31.0 Å². The summed E-state index contributed by atoms with van der Waals surface area (Å²) in [4.78, 5) is 39.9. The van der Waals surface area contributed by atoms with Gasteiger partial charge in [0.1, 0.15) is 35.5 Å². The number of nitro groups is 1. The van der Waals surface area contributed by atoms with Crippen LogP contribution in [0, 0.1) is 10.1 Å². The second-order valence-corrected chi connectivity index (χ2v) is 12.1. The van der Waals surface area contributed by atoms with Crippen molar-refractivity contribution in [1.82, 2.24) is 9.55 Å². The minimum Gasteiger partial charge on any atom is -0.497 e. The summed E-state index contributed by atoms with van der Waals surface area (Å²) in [6.45, 7) is -0.0611. The van der Waals surface area contributed by atoms with Crippen LogP contribution < -0.4 is 15.7 Å². The second kappa shape index (κ2) is 16.6. The third-order valence-corrected chi connectivity index (χ3v) is 9.01. The molecule has 0 saturated carbocycles. The van der Waals surface area contributed by atoms with Crippen LogP contribution in [0.1, 0.15) is 28.5 Å². The number of aliphatic hydroxyl groups excluding tert-OH is 1. The highest BCUT2D eigenvalue weighted by Gasteiger charge is 2.47. The Balaban J connectivity index is 1.17. The van der Waals surface area contributed by atoms with Crippen LogP contribution in [-0.4, -0.2) is 71.4 Å². The molecule has 6 rings (SSSR count). The SMILES string of the molecule is COc1ccc(C(OC[C@H]2O[C@@H](n3ccc(NC(=O)OCCc4ccc([N+](=O)[O-])cc4)nc3=O)[C@H](O)[C@@H]2OC)(c2ccccc2)c2ccccc2)cc1. The minimum atomic E-state index is -1.28. The van der Waals surface area contributed by atoms with E-state index in [1.54, 1.807) is 19.2 Å². The Kier molecular flexibility index (Phi) is 11.5. The molecule has 53 heavy (non-hydrogen) atoms. The first-order valence-electron chi connectivity index (χ1n) is 16.8. The third kappa shape index (κ3) is 8.10. The van der Waals surface area contributed by atoms with E-state index in [4.69, 9.17) is 23.7 Å². The van der Waals surface area contributed by atoms with E-state index in [1.807, 2.05) is 84.9 Å². The van der Waals surface area contributed by atoms with Gasteiger partial charge in [0.15, 0.2) is 6.23 Å². The Hall–Kier alpha value is -5.93. The number of carbonyl (C=O) groups excluding carboxylic acids is 1. The standard InChI is InChI=1S/C39H38N4O10/c1-49-31-19-15-29(16-20-31)39(27-9-5-3-6-10-27,28-11-7-4-8-12-28)52-25-32-35(50-2)34(44)36(53-32)42-23-21-33(40-37(42)45)41-38(46)51-24-22-26-13-17-30(18-14-26)43(47)48/h3-21,23,32,34-36,44H,22,24-25H2,1-2H3,(H,40,41,45,46)/t32-,34-,35-,36-/m1/s1. The molecule has 0 aliphatic carbocycles. The smallest absolute Gasteiger partial charge is 0.412 e. The van der Waals surface area contributed by atoms with Crippen molar-refractivity contribution in [1.29, 1.82) is 0 Å². The van der Waals surface area contributed by atoms with Gasteiger partial charge in [-0.1, -0.05) is 84.9 Å². The molecule has 274 valence electrons. The number of ether oxygens (including phenoxy) is 5. The van der Waals surface area contributed by atoms with Crippen LogP contribution >= 0.6 is 0 Å². The van der Waals surface area contributed by atoms with Crippen molar-refractivity contribution < 1.29 is 38.5 Å². The van der Waals surface area contributed by atoms with Crippen LogP contribution in [0.2, 0.25) is 0 Å². The number of nitro benzene ring substituents is 1. The third-order valence-electron chi connectivity index (χ3n) is 9.01. The fourth-order valence-electron chi connectivity index (χ4n) is 6.37. The van der Waals surface area contributed by atoms with Gasteiger partial charge in [0.2, 0.25) is 0 Å². The van der Waals surface area contributed by atoms with E-state index in [0.717, 1.165) is 26.8 Å². The molecule has 1 amide bonds. The van der Waals surface area contributed by atoms with Gasteiger partial charge in [-0.25, -0.2) is 9.59 Å². The van der Waals surface area contributed by atoms with Crippen molar-refractivity contribution in [2.75, 3.05) is 32.8 Å². The highest BCUT2D eigenvalue weighted by Crippen LogP contribution is 2.42. The molecule has 2 N–H and O–H groups in total. The van der Waals surface area contributed by atoms with Crippen LogP contribution in [0.5, 0.6) is 5.75 Å². The van der Waals surface area contributed by atoms with Crippen molar-refractivity contribution in [3.63, 3.8) is 0 Å². The number of non-ortho nitro benzene ring substituents is 1. The quantitative estimate of drug-likeness (QED) is 0.0873. The topological polar surface area (TPSA) is 174 Å². The largest absolute Gasteiger partial charge is 0.497 e. The average molecular weight is 723 g/mol. The predicted octanol–water partition coefficient (Wildman–Crippen LogP) is 5.23. The number of nitrogens with zero attached hydrogens (tertiary/aromatic N) is 3. The average Bonchev–Trinajstić information content (AvgIpc) is 3.50. The number of hydrogen-bond donors (Lipinski definition) is 2. The van der Waals surface area contributed by atoms with Crippen molar-refractivity contribution in [3.8, 4) is 5.75 Å². The molecule has 1 aliphatic heterocycles. The van der Waals surface area contributed by atoms with Gasteiger partial charge in [-0.2, -0.15) is 4.98 Å². The lowest BCUT2D eigenvalue weighted by Crippen LogP contribution is -2.40. The predicted molar refractivity (Wildman–Crippen MR) is 193 cm³/mol. The number of aromatic nitrogens is 2. The summed E-state index contributed by atoms with van der Waals surface area (Å²) in [6.07, 6.45) is -3.33. The van der Waals surface area contributed by atoms with Gasteiger partial charge in [0.25, 0.3) is 5.69 Å². The van der Waals surface area contributed by atoms with E-state index in [2.05, 4.69) is 10.3 Å². The van der Waals surface area contributed by atoms with Crippen molar-refractivity contribution in [3.05, 3.63) is 164 Å². The van der Waals surface area contributed by atoms with E-state index < -0.39 is 46.8 Å². The molecule has 14 heteroatoms. The van der Waals surface area contributed by atoms with Crippen molar-refractivity contribution >= 4 is 17.6 Å². The Morgan fingerprint density at radius 2 is 1.55 bits per heavy atom. The molecule has 4 aromatic carbocycles. The summed E-state index contributed by atoms with van der Waals surface area (Å²) in [5.41, 5.74) is 1.33. The Morgan fingerprint density at radius 1 is 0.925 bits per heavy atom. The number of methoxy groups -OCH3 is 2. The Bertz CT molecular complexity index is 2000. The van der Waals surface area contributed by atoms with Crippen LogP contribution in [0.3, 0.4) is 0 Å². The fourth-order valence-corrected chi connectivity index (χ4v) is 6.37. The lowest BCUT2D eigenvalue weighted by atomic mass is 9.80. The molecule has 0 unspecified atom stereocenters. The highest BCUT2D eigenvalue weighted by molar-refractivity contribution is 5.83. The summed E-state index contributed by atoms with van der Waals surface area (Å²) in [5, 5.41) is 24.6. The van der Waals surface area contributed by atoms with Crippen molar-refractivity contribution in [2.24, 2.45) is 0 Å². The molecule has 0 spiro atoms. The normalized spacial score (nSPS) is 18.3. The summed E-state index contributed by atoms with van der Waals surface area (Å²) in [6, 6.07) is 34.4. The molecule has 1 aromatic heterocycles. The van der Waals surface area contributed by atoms with Gasteiger partial charge in [-0.05, 0) is 40.5 Å². The Morgan fingerprint density at radius 3 is 2.11 bits per heavy atom. The first kappa shape index (κ1) is 36.8. The molecule has 14 nitrogen and oxygen atoms in total. The number of hydrogen-bond acceptors (Lipinski definition) is 11. The molecular formula is C39H38N4O10. The van der Waals surface area contributed by atoms with Gasteiger partial charge in [-0.15, -0.1) is 0 Å². The monoisotopic (exact) mass is 722 g/mol. The van der Waals surface area contributed by atoms with Crippen LogP contribution in [0.25, 0.3) is 0 Å². The zero-order chi connectivity index (χ0) is 37.4.